The first-order valence-corrected chi connectivity index (χ1v) is 5.55. The Bertz CT molecular complexity index is 471. The molecule has 1 aromatic rings. The summed E-state index contributed by atoms with van der Waals surface area (Å²) in [6.07, 6.45) is -3.82. The van der Waals surface area contributed by atoms with Gasteiger partial charge < -0.3 is 10.0 Å². The summed E-state index contributed by atoms with van der Waals surface area (Å²) in [6.45, 7) is 0.900. The van der Waals surface area contributed by atoms with Crippen LogP contribution >= 0.6 is 0 Å². The van der Waals surface area contributed by atoms with E-state index in [9.17, 15) is 18.0 Å². The summed E-state index contributed by atoms with van der Waals surface area (Å²) < 4.78 is 37.5. The molecule has 98 valence electrons. The number of halogens is 3. The van der Waals surface area contributed by atoms with Gasteiger partial charge in [-0.05, 0) is 30.2 Å². The Balaban J connectivity index is 2.17. The first-order chi connectivity index (χ1) is 8.38. The van der Waals surface area contributed by atoms with Crippen LogP contribution < -0.4 is 4.90 Å². The molecule has 3 nitrogen and oxygen atoms in total. The molecule has 0 bridgehead atoms. The predicted octanol–water partition coefficient (Wildman–Crippen LogP) is 2.54. The van der Waals surface area contributed by atoms with Crippen molar-refractivity contribution in [1.29, 1.82) is 0 Å². The third-order valence-electron chi connectivity index (χ3n) is 2.99. The van der Waals surface area contributed by atoms with Gasteiger partial charge in [-0.15, -0.1) is 0 Å². The van der Waals surface area contributed by atoms with Crippen molar-refractivity contribution in [2.75, 3.05) is 18.0 Å². The standard InChI is InChI=1S/C12H12F3NO2/c13-12(14,15)9-1-2-10-8(7-9)3-5-16(10)6-4-11(17)18/h1-2,7H,3-6H2,(H,17,18). The van der Waals surface area contributed by atoms with E-state index in [-0.39, 0.29) is 6.42 Å². The maximum absolute atomic E-state index is 12.5. The fraction of sp³-hybridized carbons (Fsp3) is 0.417. The van der Waals surface area contributed by atoms with Crippen LogP contribution in [-0.2, 0) is 17.4 Å². The van der Waals surface area contributed by atoms with Crippen LogP contribution in [0.4, 0.5) is 18.9 Å². The Morgan fingerprint density at radius 1 is 1.39 bits per heavy atom. The fourth-order valence-corrected chi connectivity index (χ4v) is 2.11. The normalized spacial score (nSPS) is 14.7. The highest BCUT2D eigenvalue weighted by Gasteiger charge is 2.32. The first-order valence-electron chi connectivity index (χ1n) is 5.55. The molecule has 1 N–H and O–H groups in total. The number of benzene rings is 1. The number of alkyl halides is 3. The van der Waals surface area contributed by atoms with Gasteiger partial charge >= 0.3 is 12.1 Å². The van der Waals surface area contributed by atoms with Gasteiger partial charge in [0.1, 0.15) is 0 Å². The van der Waals surface area contributed by atoms with E-state index in [1.807, 2.05) is 4.90 Å². The van der Waals surface area contributed by atoms with Crippen molar-refractivity contribution in [3.63, 3.8) is 0 Å². The van der Waals surface area contributed by atoms with Gasteiger partial charge in [0.2, 0.25) is 0 Å². The number of hydrogen-bond acceptors (Lipinski definition) is 2. The molecule has 1 heterocycles. The van der Waals surface area contributed by atoms with Crippen molar-refractivity contribution < 1.29 is 23.1 Å². The molecule has 0 spiro atoms. The highest BCUT2D eigenvalue weighted by molar-refractivity contribution is 5.68. The fourth-order valence-electron chi connectivity index (χ4n) is 2.11. The van der Waals surface area contributed by atoms with Crippen molar-refractivity contribution in [2.24, 2.45) is 0 Å². The molecule has 2 rings (SSSR count). The molecular formula is C12H12F3NO2. The molecular weight excluding hydrogens is 247 g/mol. The molecule has 0 fully saturated rings. The van der Waals surface area contributed by atoms with Crippen molar-refractivity contribution in [2.45, 2.75) is 19.0 Å². The van der Waals surface area contributed by atoms with Crippen LogP contribution in [0.3, 0.4) is 0 Å². The summed E-state index contributed by atoms with van der Waals surface area (Å²) in [5.41, 5.74) is 0.695. The van der Waals surface area contributed by atoms with Gasteiger partial charge in [0.15, 0.2) is 0 Å². The second-order valence-electron chi connectivity index (χ2n) is 4.22. The second kappa shape index (κ2) is 4.51. The number of carboxylic acid groups (broad SMARTS) is 1. The number of aliphatic carboxylic acids is 1. The molecule has 0 aromatic heterocycles. The second-order valence-corrected chi connectivity index (χ2v) is 4.22. The Morgan fingerprint density at radius 2 is 2.11 bits per heavy atom. The quantitative estimate of drug-likeness (QED) is 0.906. The minimum atomic E-state index is -4.33. The van der Waals surface area contributed by atoms with Crippen LogP contribution in [0, 0.1) is 0 Å². The smallest absolute Gasteiger partial charge is 0.416 e. The molecule has 0 unspecified atom stereocenters. The predicted molar refractivity (Wildman–Crippen MR) is 59.6 cm³/mol. The lowest BCUT2D eigenvalue weighted by Gasteiger charge is -2.18. The van der Waals surface area contributed by atoms with Crippen molar-refractivity contribution in [3.05, 3.63) is 29.3 Å². The van der Waals surface area contributed by atoms with Crippen molar-refractivity contribution >= 4 is 11.7 Å². The molecule has 1 aromatic carbocycles. The molecule has 0 aliphatic carbocycles. The van der Waals surface area contributed by atoms with Gasteiger partial charge in [0, 0.05) is 18.8 Å². The lowest BCUT2D eigenvalue weighted by molar-refractivity contribution is -0.138. The van der Waals surface area contributed by atoms with E-state index in [1.165, 1.54) is 6.07 Å². The average molecular weight is 259 g/mol. The topological polar surface area (TPSA) is 40.5 Å². The van der Waals surface area contributed by atoms with Gasteiger partial charge in [-0.3, -0.25) is 4.79 Å². The molecule has 0 radical (unpaired) electrons. The van der Waals surface area contributed by atoms with Gasteiger partial charge in [-0.25, -0.2) is 0 Å². The van der Waals surface area contributed by atoms with Crippen LogP contribution in [0.15, 0.2) is 18.2 Å². The first kappa shape index (κ1) is 12.7. The summed E-state index contributed by atoms with van der Waals surface area (Å²) >= 11 is 0. The average Bonchev–Trinajstić information content (AvgIpc) is 2.67. The minimum Gasteiger partial charge on any atom is -0.481 e. The van der Waals surface area contributed by atoms with E-state index in [0.29, 0.717) is 30.8 Å². The Hall–Kier alpha value is -1.72. The van der Waals surface area contributed by atoms with Crippen LogP contribution in [0.25, 0.3) is 0 Å². The van der Waals surface area contributed by atoms with E-state index in [2.05, 4.69) is 0 Å². The SMILES string of the molecule is O=C(O)CCN1CCc2cc(C(F)(F)F)ccc21. The van der Waals surface area contributed by atoms with E-state index >= 15 is 0 Å². The number of nitrogens with zero attached hydrogens (tertiary/aromatic N) is 1. The zero-order chi connectivity index (χ0) is 13.3. The van der Waals surface area contributed by atoms with Crippen LogP contribution in [-0.4, -0.2) is 24.2 Å². The molecule has 1 aliphatic heterocycles. The number of fused-ring (bicyclic) bond motifs is 1. The Morgan fingerprint density at radius 3 is 2.72 bits per heavy atom. The molecule has 18 heavy (non-hydrogen) atoms. The van der Waals surface area contributed by atoms with E-state index in [1.54, 1.807) is 0 Å². The van der Waals surface area contributed by atoms with Gasteiger partial charge in [0.25, 0.3) is 0 Å². The zero-order valence-corrected chi connectivity index (χ0v) is 9.50. The van der Waals surface area contributed by atoms with Gasteiger partial charge in [-0.1, -0.05) is 0 Å². The van der Waals surface area contributed by atoms with Crippen LogP contribution in [0.5, 0.6) is 0 Å². The molecule has 0 atom stereocenters. The van der Waals surface area contributed by atoms with Gasteiger partial charge in [-0.2, -0.15) is 13.2 Å². The monoisotopic (exact) mass is 259 g/mol. The van der Waals surface area contributed by atoms with E-state index in [0.717, 1.165) is 12.1 Å². The van der Waals surface area contributed by atoms with Gasteiger partial charge in [0.05, 0.1) is 12.0 Å². The van der Waals surface area contributed by atoms with E-state index in [4.69, 9.17) is 5.11 Å². The third kappa shape index (κ3) is 2.57. The van der Waals surface area contributed by atoms with E-state index < -0.39 is 17.7 Å². The number of carbonyl (C=O) groups is 1. The molecule has 1 aliphatic rings. The summed E-state index contributed by atoms with van der Waals surface area (Å²) in [5.74, 6) is -0.907. The highest BCUT2D eigenvalue weighted by Crippen LogP contribution is 2.35. The molecule has 0 saturated carbocycles. The number of carboxylic acids is 1. The lowest BCUT2D eigenvalue weighted by atomic mass is 10.1. The molecule has 0 saturated heterocycles. The lowest BCUT2D eigenvalue weighted by Crippen LogP contribution is -2.23. The van der Waals surface area contributed by atoms with Crippen molar-refractivity contribution in [3.8, 4) is 0 Å². The maximum Gasteiger partial charge on any atom is 0.416 e. The minimum absolute atomic E-state index is 0.0134. The third-order valence-corrected chi connectivity index (χ3v) is 2.99. The molecule has 0 amide bonds. The number of rotatable bonds is 3. The Labute approximate surface area is 102 Å². The zero-order valence-electron chi connectivity index (χ0n) is 9.50. The number of anilines is 1. The maximum atomic E-state index is 12.5. The highest BCUT2D eigenvalue weighted by atomic mass is 19.4. The summed E-state index contributed by atoms with van der Waals surface area (Å²) in [4.78, 5) is 12.3. The summed E-state index contributed by atoms with van der Waals surface area (Å²) in [7, 11) is 0. The van der Waals surface area contributed by atoms with Crippen LogP contribution in [0.2, 0.25) is 0 Å². The van der Waals surface area contributed by atoms with Crippen molar-refractivity contribution in [1.82, 2.24) is 0 Å². The van der Waals surface area contributed by atoms with Crippen LogP contribution in [0.1, 0.15) is 17.5 Å². The summed E-state index contributed by atoms with van der Waals surface area (Å²) in [5, 5.41) is 8.60. The molecule has 6 heteroatoms. The Kier molecular flexibility index (Phi) is 3.19. The largest absolute Gasteiger partial charge is 0.481 e. The number of hydrogen-bond donors (Lipinski definition) is 1. The summed E-state index contributed by atoms with van der Waals surface area (Å²) in [6, 6.07) is 3.61.